The van der Waals surface area contributed by atoms with Gasteiger partial charge < -0.3 is 15.5 Å². The fourth-order valence-electron chi connectivity index (χ4n) is 2.71. The van der Waals surface area contributed by atoms with Crippen LogP contribution in [0.15, 0.2) is 29.3 Å². The summed E-state index contributed by atoms with van der Waals surface area (Å²) < 4.78 is 0. The highest BCUT2D eigenvalue weighted by Crippen LogP contribution is 2.22. The molecule has 2 N–H and O–H groups in total. The van der Waals surface area contributed by atoms with Crippen LogP contribution in [0.2, 0.25) is 0 Å². The van der Waals surface area contributed by atoms with Crippen molar-refractivity contribution < 1.29 is 4.92 Å². The molecule has 1 saturated heterocycles. The number of hydrogen-bond donors (Lipinski definition) is 2. The Labute approximate surface area is 136 Å². The van der Waals surface area contributed by atoms with Gasteiger partial charge in [-0.2, -0.15) is 0 Å². The van der Waals surface area contributed by atoms with Gasteiger partial charge in [-0.05, 0) is 24.8 Å². The SMILES string of the molecule is CN=C(NCCNc1ccccc1[N+](=O)[O-])N1CCC(C)CC1. The molecule has 1 aromatic carbocycles. The Bertz CT molecular complexity index is 553. The van der Waals surface area contributed by atoms with Gasteiger partial charge in [-0.1, -0.05) is 19.1 Å². The van der Waals surface area contributed by atoms with Crippen molar-refractivity contribution in [1.29, 1.82) is 0 Å². The van der Waals surface area contributed by atoms with Crippen LogP contribution < -0.4 is 10.6 Å². The van der Waals surface area contributed by atoms with Crippen LogP contribution >= 0.6 is 0 Å². The van der Waals surface area contributed by atoms with E-state index in [0.29, 0.717) is 18.8 Å². The van der Waals surface area contributed by atoms with Gasteiger partial charge in [-0.3, -0.25) is 15.1 Å². The molecule has 7 heteroatoms. The zero-order chi connectivity index (χ0) is 16.7. The zero-order valence-corrected chi connectivity index (χ0v) is 13.8. The van der Waals surface area contributed by atoms with Crippen LogP contribution in [0.1, 0.15) is 19.8 Å². The van der Waals surface area contributed by atoms with Crippen molar-refractivity contribution in [2.75, 3.05) is 38.5 Å². The van der Waals surface area contributed by atoms with Crippen molar-refractivity contribution in [2.45, 2.75) is 19.8 Å². The Balaban J connectivity index is 1.79. The number of nitro benzene ring substituents is 1. The number of guanidine groups is 1. The standard InChI is InChI=1S/C16H25N5O2/c1-13-7-11-20(12-8-13)16(17-2)19-10-9-18-14-5-3-4-6-15(14)21(22)23/h3-6,13,18H,7-12H2,1-2H3,(H,17,19). The van der Waals surface area contributed by atoms with Crippen LogP contribution in [0.5, 0.6) is 0 Å². The first kappa shape index (κ1) is 17.1. The van der Waals surface area contributed by atoms with Crippen molar-refractivity contribution in [2.24, 2.45) is 10.9 Å². The summed E-state index contributed by atoms with van der Waals surface area (Å²) in [5.74, 6) is 1.69. The van der Waals surface area contributed by atoms with Crippen molar-refractivity contribution >= 4 is 17.3 Å². The van der Waals surface area contributed by atoms with Gasteiger partial charge in [0.05, 0.1) is 4.92 Å². The molecule has 1 aromatic rings. The lowest BCUT2D eigenvalue weighted by molar-refractivity contribution is -0.384. The van der Waals surface area contributed by atoms with Crippen LogP contribution in [0.4, 0.5) is 11.4 Å². The van der Waals surface area contributed by atoms with Crippen LogP contribution in [-0.2, 0) is 0 Å². The van der Waals surface area contributed by atoms with Gasteiger partial charge in [0.2, 0.25) is 0 Å². The summed E-state index contributed by atoms with van der Waals surface area (Å²) in [6, 6.07) is 6.68. The molecule has 7 nitrogen and oxygen atoms in total. The molecule has 0 bridgehead atoms. The van der Waals surface area contributed by atoms with E-state index in [1.54, 1.807) is 25.2 Å². The number of nitrogens with one attached hydrogen (secondary N) is 2. The quantitative estimate of drug-likeness (QED) is 0.286. The van der Waals surface area contributed by atoms with Gasteiger partial charge in [0.25, 0.3) is 5.69 Å². The van der Waals surface area contributed by atoms with E-state index in [1.807, 2.05) is 0 Å². The minimum atomic E-state index is -0.371. The summed E-state index contributed by atoms with van der Waals surface area (Å²) in [5.41, 5.74) is 0.642. The highest BCUT2D eigenvalue weighted by atomic mass is 16.6. The highest BCUT2D eigenvalue weighted by Gasteiger charge is 2.18. The van der Waals surface area contributed by atoms with E-state index in [9.17, 15) is 10.1 Å². The number of piperidine rings is 1. The molecule has 1 fully saturated rings. The Morgan fingerprint density at radius 2 is 2.04 bits per heavy atom. The molecule has 0 aromatic heterocycles. The molecule has 0 spiro atoms. The molecule has 0 saturated carbocycles. The summed E-state index contributed by atoms with van der Waals surface area (Å²) in [7, 11) is 1.79. The van der Waals surface area contributed by atoms with E-state index in [-0.39, 0.29) is 10.6 Å². The number of nitrogens with zero attached hydrogens (tertiary/aromatic N) is 3. The lowest BCUT2D eigenvalue weighted by Crippen LogP contribution is -2.46. The number of para-hydroxylation sites is 2. The Morgan fingerprint density at radius 1 is 1.35 bits per heavy atom. The third-order valence-corrected chi connectivity index (χ3v) is 4.12. The van der Waals surface area contributed by atoms with E-state index in [1.165, 1.54) is 18.9 Å². The number of nitro groups is 1. The largest absolute Gasteiger partial charge is 0.378 e. The van der Waals surface area contributed by atoms with Crippen LogP contribution in [0.3, 0.4) is 0 Å². The predicted molar refractivity (Wildman–Crippen MR) is 92.9 cm³/mol. The first-order valence-corrected chi connectivity index (χ1v) is 8.04. The van der Waals surface area contributed by atoms with Gasteiger partial charge in [0.1, 0.15) is 5.69 Å². The zero-order valence-electron chi connectivity index (χ0n) is 13.8. The van der Waals surface area contributed by atoms with E-state index in [4.69, 9.17) is 0 Å². The third-order valence-electron chi connectivity index (χ3n) is 4.12. The van der Waals surface area contributed by atoms with Crippen molar-refractivity contribution in [3.8, 4) is 0 Å². The lowest BCUT2D eigenvalue weighted by Gasteiger charge is -2.32. The van der Waals surface area contributed by atoms with Crippen LogP contribution in [-0.4, -0.2) is 49.0 Å². The summed E-state index contributed by atoms with van der Waals surface area (Å²) in [6.07, 6.45) is 2.38. The minimum Gasteiger partial charge on any atom is -0.378 e. The molecule has 1 aliphatic rings. The molecule has 0 aliphatic carbocycles. The molecule has 23 heavy (non-hydrogen) atoms. The first-order valence-electron chi connectivity index (χ1n) is 8.04. The smallest absolute Gasteiger partial charge is 0.292 e. The summed E-state index contributed by atoms with van der Waals surface area (Å²) in [6.45, 7) is 5.58. The maximum atomic E-state index is 11.0. The van der Waals surface area contributed by atoms with Crippen LogP contribution in [0, 0.1) is 16.0 Å². The van der Waals surface area contributed by atoms with Gasteiger partial charge in [0, 0.05) is 39.3 Å². The Kier molecular flexibility index (Phi) is 6.19. The van der Waals surface area contributed by atoms with E-state index < -0.39 is 0 Å². The van der Waals surface area contributed by atoms with Gasteiger partial charge in [0.15, 0.2) is 5.96 Å². The normalized spacial score (nSPS) is 16.3. The maximum Gasteiger partial charge on any atom is 0.292 e. The number of benzene rings is 1. The third kappa shape index (κ3) is 4.84. The lowest BCUT2D eigenvalue weighted by atomic mass is 10.00. The van der Waals surface area contributed by atoms with Crippen LogP contribution in [0.25, 0.3) is 0 Å². The molecule has 0 atom stereocenters. The molecule has 1 aliphatic heterocycles. The number of likely N-dealkylation sites (tertiary alicyclic amines) is 1. The minimum absolute atomic E-state index is 0.0990. The van der Waals surface area contributed by atoms with Crippen molar-refractivity contribution in [1.82, 2.24) is 10.2 Å². The molecule has 0 amide bonds. The average molecular weight is 319 g/mol. The second-order valence-electron chi connectivity index (χ2n) is 5.84. The monoisotopic (exact) mass is 319 g/mol. The molecule has 1 heterocycles. The van der Waals surface area contributed by atoms with Gasteiger partial charge >= 0.3 is 0 Å². The second-order valence-corrected chi connectivity index (χ2v) is 5.84. The van der Waals surface area contributed by atoms with Crippen molar-refractivity contribution in [3.63, 3.8) is 0 Å². The number of anilines is 1. The van der Waals surface area contributed by atoms with E-state index >= 15 is 0 Å². The Hall–Kier alpha value is -2.31. The molecule has 0 radical (unpaired) electrons. The van der Waals surface area contributed by atoms with E-state index in [0.717, 1.165) is 25.0 Å². The maximum absolute atomic E-state index is 11.0. The van der Waals surface area contributed by atoms with Gasteiger partial charge in [-0.25, -0.2) is 0 Å². The predicted octanol–water partition coefficient (Wildman–Crippen LogP) is 2.31. The summed E-state index contributed by atoms with van der Waals surface area (Å²) >= 11 is 0. The number of hydrogen-bond acceptors (Lipinski definition) is 4. The first-order chi connectivity index (χ1) is 11.1. The summed E-state index contributed by atoms with van der Waals surface area (Å²) in [5, 5.41) is 17.4. The molecule has 126 valence electrons. The highest BCUT2D eigenvalue weighted by molar-refractivity contribution is 5.80. The summed E-state index contributed by atoms with van der Waals surface area (Å²) in [4.78, 5) is 17.2. The fourth-order valence-corrected chi connectivity index (χ4v) is 2.71. The van der Waals surface area contributed by atoms with E-state index in [2.05, 4.69) is 27.4 Å². The Morgan fingerprint density at radius 3 is 2.70 bits per heavy atom. The van der Waals surface area contributed by atoms with Gasteiger partial charge in [-0.15, -0.1) is 0 Å². The molecule has 2 rings (SSSR count). The second kappa shape index (κ2) is 8.36. The topological polar surface area (TPSA) is 82.8 Å². The molecular formula is C16H25N5O2. The number of aliphatic imine (C=N–C) groups is 1. The van der Waals surface area contributed by atoms with Crippen molar-refractivity contribution in [3.05, 3.63) is 34.4 Å². The molecular weight excluding hydrogens is 294 g/mol. The fraction of sp³-hybridized carbons (Fsp3) is 0.562. The number of rotatable bonds is 5. The molecule has 0 unspecified atom stereocenters. The average Bonchev–Trinajstić information content (AvgIpc) is 2.56.